The van der Waals surface area contributed by atoms with Gasteiger partial charge in [0.1, 0.15) is 0 Å². The van der Waals surface area contributed by atoms with Crippen molar-refractivity contribution in [3.63, 3.8) is 0 Å². The van der Waals surface area contributed by atoms with Crippen molar-refractivity contribution >= 4 is 32.6 Å². The number of nitrogens with one attached hydrogen (secondary N) is 3. The molecule has 0 saturated carbocycles. The van der Waals surface area contributed by atoms with Crippen LogP contribution in [0.5, 0.6) is 0 Å². The van der Waals surface area contributed by atoms with Gasteiger partial charge in [0.2, 0.25) is 0 Å². The zero-order chi connectivity index (χ0) is 18.0. The number of hydrazine groups is 1. The van der Waals surface area contributed by atoms with E-state index >= 15 is 0 Å². The van der Waals surface area contributed by atoms with Crippen LogP contribution in [0.4, 0.5) is 0 Å². The van der Waals surface area contributed by atoms with Gasteiger partial charge in [-0.2, -0.15) is 0 Å². The highest BCUT2D eigenvalue weighted by molar-refractivity contribution is 7.90. The van der Waals surface area contributed by atoms with Gasteiger partial charge in [-0.15, -0.1) is 0 Å². The monoisotopic (exact) mass is 357 g/mol. The van der Waals surface area contributed by atoms with Crippen LogP contribution in [-0.2, 0) is 9.84 Å². The van der Waals surface area contributed by atoms with Crippen LogP contribution in [0, 0.1) is 0 Å². The van der Waals surface area contributed by atoms with Crippen LogP contribution in [0.15, 0.2) is 59.6 Å². The van der Waals surface area contributed by atoms with Gasteiger partial charge in [-0.3, -0.25) is 20.4 Å². The number of sulfone groups is 1. The summed E-state index contributed by atoms with van der Waals surface area (Å²) in [5.41, 5.74) is 5.93. The van der Waals surface area contributed by atoms with E-state index < -0.39 is 21.7 Å². The topological polar surface area (TPSA) is 108 Å². The highest BCUT2D eigenvalue weighted by Gasteiger charge is 2.14. The average Bonchev–Trinajstić information content (AvgIpc) is 3.03. The van der Waals surface area contributed by atoms with Crippen LogP contribution in [0.1, 0.15) is 20.7 Å². The standard InChI is InChI=1S/C17H15N3O4S/c1-25(23,24)12-6-4-5-11(9-12)16(21)19-20-17(22)14-10-18-15-8-3-2-7-13(14)15/h2-10,18H,1H3,(H,19,21)(H,20,22). The first-order chi connectivity index (χ1) is 11.9. The van der Waals surface area contributed by atoms with Crippen LogP contribution in [-0.4, -0.2) is 31.5 Å². The van der Waals surface area contributed by atoms with Gasteiger partial charge in [0.05, 0.1) is 10.5 Å². The number of aromatic nitrogens is 1. The van der Waals surface area contributed by atoms with Gasteiger partial charge in [0.15, 0.2) is 9.84 Å². The number of carbonyl (C=O) groups excluding carboxylic acids is 2. The SMILES string of the molecule is CS(=O)(=O)c1cccc(C(=O)NNC(=O)c2c[nH]c3ccccc23)c1. The summed E-state index contributed by atoms with van der Waals surface area (Å²) in [6.45, 7) is 0. The molecule has 0 aliphatic rings. The minimum Gasteiger partial charge on any atom is -0.360 e. The van der Waals surface area contributed by atoms with Crippen LogP contribution in [0.2, 0.25) is 0 Å². The molecule has 25 heavy (non-hydrogen) atoms. The number of aromatic amines is 1. The van der Waals surface area contributed by atoms with Crippen molar-refractivity contribution in [2.75, 3.05) is 6.26 Å². The first-order valence-electron chi connectivity index (χ1n) is 7.33. The lowest BCUT2D eigenvalue weighted by molar-refractivity contribution is 0.0847. The summed E-state index contributed by atoms with van der Waals surface area (Å²) < 4.78 is 23.1. The lowest BCUT2D eigenvalue weighted by atomic mass is 10.2. The predicted molar refractivity (Wildman–Crippen MR) is 92.8 cm³/mol. The van der Waals surface area contributed by atoms with Gasteiger partial charge in [0, 0.05) is 28.9 Å². The van der Waals surface area contributed by atoms with Crippen molar-refractivity contribution in [3.05, 3.63) is 65.9 Å². The molecule has 128 valence electrons. The van der Waals surface area contributed by atoms with E-state index in [0.29, 0.717) is 5.56 Å². The zero-order valence-corrected chi connectivity index (χ0v) is 14.1. The van der Waals surface area contributed by atoms with Gasteiger partial charge in [-0.1, -0.05) is 24.3 Å². The van der Waals surface area contributed by atoms with E-state index in [0.717, 1.165) is 17.2 Å². The second kappa shape index (κ2) is 6.40. The summed E-state index contributed by atoms with van der Waals surface area (Å²) in [6, 6.07) is 12.9. The third-order valence-corrected chi connectivity index (χ3v) is 4.76. The number of hydrogen-bond donors (Lipinski definition) is 3. The molecule has 1 aromatic heterocycles. The molecular formula is C17H15N3O4S. The molecule has 1 heterocycles. The molecule has 0 fully saturated rings. The Morgan fingerprint density at radius 1 is 0.960 bits per heavy atom. The highest BCUT2D eigenvalue weighted by Crippen LogP contribution is 2.17. The van der Waals surface area contributed by atoms with E-state index in [-0.39, 0.29) is 10.5 Å². The summed E-state index contributed by atoms with van der Waals surface area (Å²) in [5.74, 6) is -1.09. The Labute approximate surface area is 143 Å². The van der Waals surface area contributed by atoms with Crippen molar-refractivity contribution in [3.8, 4) is 0 Å². The summed E-state index contributed by atoms with van der Waals surface area (Å²) in [4.78, 5) is 27.4. The fourth-order valence-corrected chi connectivity index (χ4v) is 3.05. The smallest absolute Gasteiger partial charge is 0.271 e. The summed E-state index contributed by atoms with van der Waals surface area (Å²) in [5, 5.41) is 0.730. The van der Waals surface area contributed by atoms with Crippen LogP contribution < -0.4 is 10.9 Å². The molecule has 0 bridgehead atoms. The third-order valence-electron chi connectivity index (χ3n) is 3.65. The number of H-pyrrole nitrogens is 1. The maximum Gasteiger partial charge on any atom is 0.271 e. The molecule has 7 nitrogen and oxygen atoms in total. The first kappa shape index (κ1) is 16.7. The van der Waals surface area contributed by atoms with Crippen molar-refractivity contribution < 1.29 is 18.0 Å². The van der Waals surface area contributed by atoms with Crippen molar-refractivity contribution in [1.29, 1.82) is 0 Å². The minimum absolute atomic E-state index is 0.0307. The van der Waals surface area contributed by atoms with Crippen molar-refractivity contribution in [2.24, 2.45) is 0 Å². The third kappa shape index (κ3) is 3.53. The molecule has 0 aliphatic carbocycles. The quantitative estimate of drug-likeness (QED) is 0.619. The lowest BCUT2D eigenvalue weighted by Crippen LogP contribution is -2.41. The number of amides is 2. The molecule has 0 aliphatic heterocycles. The summed E-state index contributed by atoms with van der Waals surface area (Å²) in [7, 11) is -3.42. The fourth-order valence-electron chi connectivity index (χ4n) is 2.38. The molecule has 0 saturated heterocycles. The Morgan fingerprint density at radius 2 is 1.68 bits per heavy atom. The van der Waals surface area contributed by atoms with Gasteiger partial charge in [-0.05, 0) is 24.3 Å². The molecule has 2 amide bonds. The second-order valence-electron chi connectivity index (χ2n) is 5.46. The normalized spacial score (nSPS) is 11.2. The van der Waals surface area contributed by atoms with Gasteiger partial charge in [-0.25, -0.2) is 8.42 Å². The summed E-state index contributed by atoms with van der Waals surface area (Å²) in [6.07, 6.45) is 2.61. The molecule has 0 atom stereocenters. The van der Waals surface area contributed by atoms with E-state index in [4.69, 9.17) is 0 Å². The second-order valence-corrected chi connectivity index (χ2v) is 7.47. The molecule has 3 N–H and O–H groups in total. The number of hydrogen-bond acceptors (Lipinski definition) is 4. The Morgan fingerprint density at radius 3 is 2.44 bits per heavy atom. The molecule has 0 spiro atoms. The van der Waals surface area contributed by atoms with Crippen molar-refractivity contribution in [1.82, 2.24) is 15.8 Å². The van der Waals surface area contributed by atoms with Gasteiger partial charge in [0.25, 0.3) is 11.8 Å². The zero-order valence-electron chi connectivity index (χ0n) is 13.2. The highest BCUT2D eigenvalue weighted by atomic mass is 32.2. The van der Waals surface area contributed by atoms with E-state index in [1.165, 1.54) is 24.3 Å². The molecule has 8 heteroatoms. The minimum atomic E-state index is -3.42. The Hall–Kier alpha value is -3.13. The van der Waals surface area contributed by atoms with Gasteiger partial charge >= 0.3 is 0 Å². The maximum absolute atomic E-state index is 12.2. The fraction of sp³-hybridized carbons (Fsp3) is 0.0588. The Kier molecular flexibility index (Phi) is 4.28. The van der Waals surface area contributed by atoms with E-state index in [1.807, 2.05) is 18.2 Å². The molecule has 0 unspecified atom stereocenters. The lowest BCUT2D eigenvalue weighted by Gasteiger charge is -2.08. The largest absolute Gasteiger partial charge is 0.360 e. The van der Waals surface area contributed by atoms with E-state index in [9.17, 15) is 18.0 Å². The van der Waals surface area contributed by atoms with Gasteiger partial charge < -0.3 is 4.98 Å². The number of para-hydroxylation sites is 1. The molecule has 3 aromatic rings. The number of benzene rings is 2. The number of carbonyl (C=O) groups is 2. The average molecular weight is 357 g/mol. The molecular weight excluding hydrogens is 342 g/mol. The predicted octanol–water partition coefficient (Wildman–Crippen LogP) is 1.65. The van der Waals surface area contributed by atoms with Crippen LogP contribution in [0.25, 0.3) is 10.9 Å². The van der Waals surface area contributed by atoms with Crippen molar-refractivity contribution in [2.45, 2.75) is 4.90 Å². The van der Waals surface area contributed by atoms with Crippen LogP contribution in [0.3, 0.4) is 0 Å². The van der Waals surface area contributed by atoms with E-state index in [1.54, 1.807) is 12.3 Å². The number of rotatable bonds is 3. The maximum atomic E-state index is 12.2. The first-order valence-corrected chi connectivity index (χ1v) is 9.22. The Balaban J connectivity index is 1.73. The molecule has 0 radical (unpaired) electrons. The Bertz CT molecular complexity index is 1070. The molecule has 3 rings (SSSR count). The van der Waals surface area contributed by atoms with Crippen LogP contribution >= 0.6 is 0 Å². The number of fused-ring (bicyclic) bond motifs is 1. The summed E-state index contributed by atoms with van der Waals surface area (Å²) >= 11 is 0. The van der Waals surface area contributed by atoms with E-state index in [2.05, 4.69) is 15.8 Å². The molecule has 2 aromatic carbocycles.